The Morgan fingerprint density at radius 2 is 2.17 bits per heavy atom. The van der Waals surface area contributed by atoms with Crippen LogP contribution in [0.3, 0.4) is 0 Å². The van der Waals surface area contributed by atoms with Gasteiger partial charge in [0.1, 0.15) is 11.1 Å². The summed E-state index contributed by atoms with van der Waals surface area (Å²) in [5, 5.41) is 15.5. The smallest absolute Gasteiger partial charge is 0.315 e. The van der Waals surface area contributed by atoms with Crippen molar-refractivity contribution in [2.45, 2.75) is 19.3 Å². The van der Waals surface area contributed by atoms with Crippen molar-refractivity contribution in [3.63, 3.8) is 0 Å². The summed E-state index contributed by atoms with van der Waals surface area (Å²) in [5.41, 5.74) is 4.32. The maximum atomic E-state index is 10.7. The third kappa shape index (κ3) is 1.11. The SMILES string of the molecule is CC(C)(C(=O)O)c1nonc1N. The minimum absolute atomic E-state index is 0.0161. The van der Waals surface area contributed by atoms with E-state index in [4.69, 9.17) is 10.8 Å². The second kappa shape index (κ2) is 2.47. The molecule has 66 valence electrons. The van der Waals surface area contributed by atoms with Crippen LogP contribution >= 0.6 is 0 Å². The molecule has 0 aliphatic heterocycles. The van der Waals surface area contributed by atoms with Gasteiger partial charge in [-0.25, -0.2) is 4.63 Å². The van der Waals surface area contributed by atoms with Crippen LogP contribution in [0.25, 0.3) is 0 Å². The van der Waals surface area contributed by atoms with Crippen LogP contribution < -0.4 is 5.73 Å². The Morgan fingerprint density at radius 3 is 2.50 bits per heavy atom. The van der Waals surface area contributed by atoms with E-state index in [0.29, 0.717) is 0 Å². The lowest BCUT2D eigenvalue weighted by Gasteiger charge is -2.14. The molecule has 1 heterocycles. The molecule has 0 unspecified atom stereocenters. The molecule has 1 aromatic heterocycles. The van der Waals surface area contributed by atoms with E-state index in [1.165, 1.54) is 13.8 Å². The minimum atomic E-state index is -1.16. The molecule has 1 aromatic rings. The fourth-order valence-corrected chi connectivity index (χ4v) is 0.731. The zero-order chi connectivity index (χ0) is 9.35. The van der Waals surface area contributed by atoms with Crippen molar-refractivity contribution in [3.05, 3.63) is 5.69 Å². The van der Waals surface area contributed by atoms with Gasteiger partial charge in [-0.05, 0) is 19.0 Å². The molecule has 0 saturated carbocycles. The molecule has 0 atom stereocenters. The van der Waals surface area contributed by atoms with E-state index in [2.05, 4.69) is 14.9 Å². The number of nitrogens with zero attached hydrogens (tertiary/aromatic N) is 2. The number of carboxylic acid groups (broad SMARTS) is 1. The van der Waals surface area contributed by atoms with Crippen LogP contribution in [0.1, 0.15) is 19.5 Å². The molecule has 3 N–H and O–H groups in total. The maximum Gasteiger partial charge on any atom is 0.315 e. The first-order valence-electron chi connectivity index (χ1n) is 3.28. The van der Waals surface area contributed by atoms with Gasteiger partial charge in [0.05, 0.1) is 0 Å². The number of nitrogen functional groups attached to an aromatic ring is 1. The van der Waals surface area contributed by atoms with Gasteiger partial charge in [0.25, 0.3) is 0 Å². The zero-order valence-corrected chi connectivity index (χ0v) is 6.74. The Bertz CT molecular complexity index is 305. The van der Waals surface area contributed by atoms with Crippen LogP contribution in [0.2, 0.25) is 0 Å². The topological polar surface area (TPSA) is 102 Å². The van der Waals surface area contributed by atoms with Crippen molar-refractivity contribution in [2.75, 3.05) is 5.73 Å². The number of carbonyl (C=O) groups is 1. The molecule has 0 fully saturated rings. The van der Waals surface area contributed by atoms with Gasteiger partial charge in [0.15, 0.2) is 5.82 Å². The summed E-state index contributed by atoms with van der Waals surface area (Å²) in [7, 11) is 0. The Kier molecular flexibility index (Phi) is 1.75. The zero-order valence-electron chi connectivity index (χ0n) is 6.74. The number of hydrogen-bond acceptors (Lipinski definition) is 5. The molecular weight excluding hydrogens is 162 g/mol. The average Bonchev–Trinajstić information content (AvgIpc) is 2.35. The third-order valence-electron chi connectivity index (χ3n) is 1.64. The summed E-state index contributed by atoms with van der Waals surface area (Å²) in [5.74, 6) is -1.01. The normalized spacial score (nSPS) is 11.5. The molecule has 0 radical (unpaired) electrons. The van der Waals surface area contributed by atoms with Gasteiger partial charge in [-0.2, -0.15) is 0 Å². The van der Waals surface area contributed by atoms with Gasteiger partial charge in [0.2, 0.25) is 0 Å². The van der Waals surface area contributed by atoms with Gasteiger partial charge in [-0.15, -0.1) is 0 Å². The van der Waals surface area contributed by atoms with Gasteiger partial charge >= 0.3 is 5.97 Å². The number of aromatic nitrogens is 2. The lowest BCUT2D eigenvalue weighted by Crippen LogP contribution is -2.29. The van der Waals surface area contributed by atoms with Gasteiger partial charge in [0, 0.05) is 0 Å². The van der Waals surface area contributed by atoms with Gasteiger partial charge < -0.3 is 10.8 Å². The Hall–Kier alpha value is -1.59. The number of rotatable bonds is 2. The second-order valence-corrected chi connectivity index (χ2v) is 2.93. The van der Waals surface area contributed by atoms with Crippen LogP contribution in [0.5, 0.6) is 0 Å². The van der Waals surface area contributed by atoms with Gasteiger partial charge in [-0.1, -0.05) is 5.16 Å². The van der Waals surface area contributed by atoms with Crippen molar-refractivity contribution < 1.29 is 14.5 Å². The lowest BCUT2D eigenvalue weighted by molar-refractivity contribution is -0.142. The first-order valence-corrected chi connectivity index (χ1v) is 3.28. The molecule has 1 rings (SSSR count). The Morgan fingerprint density at radius 1 is 1.58 bits per heavy atom. The Balaban J connectivity index is 3.13. The average molecular weight is 171 g/mol. The van der Waals surface area contributed by atoms with E-state index in [9.17, 15) is 4.79 Å². The van der Waals surface area contributed by atoms with Crippen LogP contribution in [-0.2, 0) is 10.2 Å². The Labute approximate surface area is 68.3 Å². The summed E-state index contributed by atoms with van der Waals surface area (Å²) >= 11 is 0. The highest BCUT2D eigenvalue weighted by Gasteiger charge is 2.35. The summed E-state index contributed by atoms with van der Waals surface area (Å²) < 4.78 is 4.29. The fraction of sp³-hybridized carbons (Fsp3) is 0.500. The van der Waals surface area contributed by atoms with E-state index in [1.54, 1.807) is 0 Å². The molecule has 6 heteroatoms. The number of carboxylic acids is 1. The third-order valence-corrected chi connectivity index (χ3v) is 1.64. The number of aliphatic carboxylic acids is 1. The molecule has 0 saturated heterocycles. The largest absolute Gasteiger partial charge is 0.481 e. The molecule has 0 aliphatic rings. The van der Waals surface area contributed by atoms with Crippen molar-refractivity contribution in [1.82, 2.24) is 10.3 Å². The summed E-state index contributed by atoms with van der Waals surface area (Å²) in [6, 6.07) is 0. The highest BCUT2D eigenvalue weighted by Crippen LogP contribution is 2.24. The molecule has 12 heavy (non-hydrogen) atoms. The van der Waals surface area contributed by atoms with Crippen molar-refractivity contribution >= 4 is 11.8 Å². The van der Waals surface area contributed by atoms with E-state index in [-0.39, 0.29) is 11.5 Å². The lowest BCUT2D eigenvalue weighted by atomic mass is 9.89. The molecule has 0 aliphatic carbocycles. The molecular formula is C6H9N3O3. The highest BCUT2D eigenvalue weighted by atomic mass is 16.6. The predicted molar refractivity (Wildman–Crippen MR) is 39.4 cm³/mol. The van der Waals surface area contributed by atoms with E-state index in [1.807, 2.05) is 0 Å². The summed E-state index contributed by atoms with van der Waals surface area (Å²) in [4.78, 5) is 10.7. The number of anilines is 1. The van der Waals surface area contributed by atoms with Crippen LogP contribution in [0.15, 0.2) is 4.63 Å². The first-order chi connectivity index (χ1) is 5.46. The highest BCUT2D eigenvalue weighted by molar-refractivity contribution is 5.80. The molecule has 6 nitrogen and oxygen atoms in total. The quantitative estimate of drug-likeness (QED) is 0.649. The molecule has 0 bridgehead atoms. The fourth-order valence-electron chi connectivity index (χ4n) is 0.731. The molecule has 0 amide bonds. The van der Waals surface area contributed by atoms with Crippen molar-refractivity contribution in [1.29, 1.82) is 0 Å². The van der Waals surface area contributed by atoms with Crippen LogP contribution in [-0.4, -0.2) is 21.4 Å². The predicted octanol–water partition coefficient (Wildman–Crippen LogP) is 0.0140. The van der Waals surface area contributed by atoms with Crippen LogP contribution in [0.4, 0.5) is 5.82 Å². The summed E-state index contributed by atoms with van der Waals surface area (Å²) in [6.07, 6.45) is 0. The maximum absolute atomic E-state index is 10.7. The molecule has 0 spiro atoms. The van der Waals surface area contributed by atoms with Gasteiger partial charge in [-0.3, -0.25) is 4.79 Å². The van der Waals surface area contributed by atoms with E-state index < -0.39 is 11.4 Å². The standard InChI is InChI=1S/C6H9N3O3/c1-6(2,5(10)11)3-4(7)9-12-8-3/h1-2H3,(H2,7,9)(H,10,11). The first kappa shape index (κ1) is 8.51. The van der Waals surface area contributed by atoms with E-state index in [0.717, 1.165) is 0 Å². The minimum Gasteiger partial charge on any atom is -0.481 e. The van der Waals surface area contributed by atoms with Crippen molar-refractivity contribution in [3.8, 4) is 0 Å². The number of hydrogen-bond donors (Lipinski definition) is 2. The van der Waals surface area contributed by atoms with Crippen LogP contribution in [0, 0.1) is 0 Å². The molecule has 0 aromatic carbocycles. The van der Waals surface area contributed by atoms with E-state index >= 15 is 0 Å². The summed E-state index contributed by atoms with van der Waals surface area (Å²) in [6.45, 7) is 2.95. The monoisotopic (exact) mass is 171 g/mol. The number of nitrogens with two attached hydrogens (primary N) is 1. The second-order valence-electron chi connectivity index (χ2n) is 2.93. The van der Waals surface area contributed by atoms with Crippen molar-refractivity contribution in [2.24, 2.45) is 0 Å².